The van der Waals surface area contributed by atoms with Gasteiger partial charge in [-0.3, -0.25) is 0 Å². The third-order valence-electron chi connectivity index (χ3n) is 15.0. The van der Waals surface area contributed by atoms with Crippen LogP contribution in [0.5, 0.6) is 0 Å². The van der Waals surface area contributed by atoms with Crippen LogP contribution in [0.25, 0.3) is 61.3 Å². The van der Waals surface area contributed by atoms with Crippen molar-refractivity contribution in [2.75, 3.05) is 6.54 Å². The minimum absolute atomic E-state index is 0.338. The van der Waals surface area contributed by atoms with Crippen LogP contribution in [0.3, 0.4) is 0 Å². The largest absolute Gasteiger partial charge is 0.330 e. The van der Waals surface area contributed by atoms with E-state index in [-0.39, 0.29) is 0 Å². The summed E-state index contributed by atoms with van der Waals surface area (Å²) in [5.74, 6) is 1.17. The van der Waals surface area contributed by atoms with E-state index in [4.69, 9.17) is 5.73 Å². The molecule has 1 nitrogen and oxygen atoms in total. The number of rotatable bonds is 8. The van der Waals surface area contributed by atoms with Crippen molar-refractivity contribution in [3.63, 3.8) is 0 Å². The average Bonchev–Trinajstić information content (AvgIpc) is 3.47. The zero-order valence-electron chi connectivity index (χ0n) is 48.7. The highest BCUT2D eigenvalue weighted by Crippen LogP contribution is 2.44. The molecule has 11 rings (SSSR count). The molecule has 9 aromatic rings. The number of benzene rings is 9. The third-order valence-corrected chi connectivity index (χ3v) is 15.0. The molecular formula is C76H89N. The zero-order chi connectivity index (χ0) is 55.1. The van der Waals surface area contributed by atoms with Gasteiger partial charge in [-0.05, 0) is 178 Å². The summed E-state index contributed by atoms with van der Waals surface area (Å²) in [5, 5.41) is 13.7. The Bertz CT molecular complexity index is 3440. The van der Waals surface area contributed by atoms with E-state index in [1.54, 1.807) is 16.7 Å². The fraction of sp³-hybridized carbons (Fsp3) is 0.289. The van der Waals surface area contributed by atoms with Crippen molar-refractivity contribution in [2.45, 2.75) is 133 Å². The van der Waals surface area contributed by atoms with E-state index in [2.05, 4.69) is 230 Å². The summed E-state index contributed by atoms with van der Waals surface area (Å²) in [5.41, 5.74) is 20.4. The minimum Gasteiger partial charge on any atom is -0.330 e. The summed E-state index contributed by atoms with van der Waals surface area (Å²) in [6.07, 6.45) is 27.5. The van der Waals surface area contributed by atoms with Crippen molar-refractivity contribution in [1.82, 2.24) is 0 Å². The molecule has 0 aromatic heterocycles. The summed E-state index contributed by atoms with van der Waals surface area (Å²) in [6, 6.07) is 56.9. The summed E-state index contributed by atoms with van der Waals surface area (Å²) >= 11 is 0. The molecule has 0 spiro atoms. The average molecular weight is 1020 g/mol. The topological polar surface area (TPSA) is 26.0 Å². The van der Waals surface area contributed by atoms with Crippen molar-refractivity contribution in [3.8, 4) is 0 Å². The van der Waals surface area contributed by atoms with E-state index < -0.39 is 0 Å². The second-order valence-electron chi connectivity index (χ2n) is 20.6. The molecule has 2 N–H and O–H groups in total. The maximum absolute atomic E-state index is 6.31. The van der Waals surface area contributed by atoms with Crippen LogP contribution in [0.15, 0.2) is 188 Å². The molecule has 77 heavy (non-hydrogen) atoms. The molecular weight excluding hydrogens is 927 g/mol. The molecule has 1 saturated carbocycles. The van der Waals surface area contributed by atoms with Crippen LogP contribution >= 0.6 is 0 Å². The quantitative estimate of drug-likeness (QED) is 0.119. The van der Waals surface area contributed by atoms with Gasteiger partial charge in [-0.2, -0.15) is 0 Å². The van der Waals surface area contributed by atoms with Gasteiger partial charge < -0.3 is 5.73 Å². The lowest BCUT2D eigenvalue weighted by molar-refractivity contribution is 0.357. The number of aryl methyl sites for hydroxylation is 6. The van der Waals surface area contributed by atoms with E-state index in [1.807, 2.05) is 52.8 Å². The van der Waals surface area contributed by atoms with E-state index >= 15 is 0 Å². The first-order chi connectivity index (χ1) is 37.6. The third kappa shape index (κ3) is 16.0. The summed E-state index contributed by atoms with van der Waals surface area (Å²) < 4.78 is 0. The van der Waals surface area contributed by atoms with Crippen LogP contribution in [-0.4, -0.2) is 6.54 Å². The van der Waals surface area contributed by atoms with Crippen LogP contribution < -0.4 is 16.2 Å². The van der Waals surface area contributed by atoms with Gasteiger partial charge in [0.15, 0.2) is 0 Å². The van der Waals surface area contributed by atoms with Crippen LogP contribution in [-0.2, 0) is 19.3 Å². The molecule has 0 amide bonds. The molecule has 2 aliphatic carbocycles. The normalized spacial score (nSPS) is 13.9. The van der Waals surface area contributed by atoms with Crippen LogP contribution in [0, 0.1) is 33.6 Å². The lowest BCUT2D eigenvalue weighted by Crippen LogP contribution is -2.23. The number of hydrogen-bond donors (Lipinski definition) is 1. The van der Waals surface area contributed by atoms with Crippen LogP contribution in [0.4, 0.5) is 0 Å². The second-order valence-corrected chi connectivity index (χ2v) is 20.6. The lowest BCUT2D eigenvalue weighted by Gasteiger charge is -2.28. The lowest BCUT2D eigenvalue weighted by atomic mass is 9.76. The second kappa shape index (κ2) is 30.6. The van der Waals surface area contributed by atoms with Gasteiger partial charge in [-0.15, -0.1) is 0 Å². The maximum Gasteiger partial charge on any atom is -0.00108 e. The highest BCUT2D eigenvalue weighted by atomic mass is 14.5. The summed E-state index contributed by atoms with van der Waals surface area (Å²) in [6.45, 7) is 23.7. The van der Waals surface area contributed by atoms with E-state index in [0.717, 1.165) is 18.8 Å². The van der Waals surface area contributed by atoms with Gasteiger partial charge in [0.2, 0.25) is 0 Å². The van der Waals surface area contributed by atoms with Crippen molar-refractivity contribution >= 4 is 61.3 Å². The molecule has 1 atom stereocenters. The van der Waals surface area contributed by atoms with Crippen molar-refractivity contribution in [2.24, 2.45) is 11.7 Å². The predicted molar refractivity (Wildman–Crippen MR) is 345 cm³/mol. The first-order valence-corrected chi connectivity index (χ1v) is 29.0. The molecule has 0 radical (unpaired) electrons. The fourth-order valence-electron chi connectivity index (χ4n) is 11.0. The Hall–Kier alpha value is -7.06. The van der Waals surface area contributed by atoms with Crippen LogP contribution in [0.1, 0.15) is 142 Å². The molecule has 1 heteroatoms. The Balaban J connectivity index is 0.000000203. The van der Waals surface area contributed by atoms with E-state index in [1.165, 1.54) is 131 Å². The first kappa shape index (κ1) is 59.2. The molecule has 0 aliphatic heterocycles. The molecule has 0 heterocycles. The number of fused-ring (bicyclic) bond motifs is 2. The van der Waals surface area contributed by atoms with Gasteiger partial charge in [0.25, 0.3) is 0 Å². The van der Waals surface area contributed by atoms with E-state index in [9.17, 15) is 0 Å². The van der Waals surface area contributed by atoms with Gasteiger partial charge in [0, 0.05) is 0 Å². The molecule has 1 unspecified atom stereocenters. The Labute approximate surface area is 464 Å². The highest BCUT2D eigenvalue weighted by Gasteiger charge is 2.25. The minimum atomic E-state index is 0.338. The summed E-state index contributed by atoms with van der Waals surface area (Å²) in [7, 11) is 0. The number of nitrogens with two attached hydrogens (primary N) is 1. The predicted octanol–water partition coefficient (Wildman–Crippen LogP) is 19.7. The molecule has 0 saturated heterocycles. The molecule has 1 fully saturated rings. The van der Waals surface area contributed by atoms with E-state index in [0.29, 0.717) is 12.5 Å². The first-order valence-electron chi connectivity index (χ1n) is 29.0. The van der Waals surface area contributed by atoms with Crippen LogP contribution in [0.2, 0.25) is 0 Å². The number of allylic oxidation sites excluding steroid dienone is 5. The van der Waals surface area contributed by atoms with Crippen molar-refractivity contribution < 1.29 is 0 Å². The van der Waals surface area contributed by atoms with Gasteiger partial charge in [-0.25, -0.2) is 0 Å². The molecule has 9 aromatic carbocycles. The zero-order valence-corrected chi connectivity index (χ0v) is 48.7. The monoisotopic (exact) mass is 1020 g/mol. The molecule has 398 valence electrons. The Morgan fingerprint density at radius 3 is 1.65 bits per heavy atom. The van der Waals surface area contributed by atoms with Gasteiger partial charge in [0.05, 0.1) is 0 Å². The van der Waals surface area contributed by atoms with Crippen molar-refractivity contribution in [3.05, 3.63) is 254 Å². The smallest absolute Gasteiger partial charge is 0.00108 e. The highest BCUT2D eigenvalue weighted by molar-refractivity contribution is 6.15. The number of hydrogen-bond acceptors (Lipinski definition) is 1. The Morgan fingerprint density at radius 2 is 1.05 bits per heavy atom. The Morgan fingerprint density at radius 1 is 0.519 bits per heavy atom. The SMILES string of the molecule is C/C=C/C=c1/cccc/c1=C/c1cc(C(C)CN)c2c3c1ccc1c(CC4CCCCC4)cc(C)c(c13)CC2.C/C=C\C=C/c1ccc(C)cc1.CC.CC.Cc1ccc2ccccc2c1.Cc1ccc2ccccc2c1. The van der Waals surface area contributed by atoms with Gasteiger partial charge >= 0.3 is 0 Å². The van der Waals surface area contributed by atoms with Gasteiger partial charge in [0.1, 0.15) is 0 Å². The fourth-order valence-corrected chi connectivity index (χ4v) is 11.0. The Kier molecular flexibility index (Phi) is 23.5. The molecule has 0 bridgehead atoms. The summed E-state index contributed by atoms with van der Waals surface area (Å²) in [4.78, 5) is 0. The van der Waals surface area contributed by atoms with Gasteiger partial charge in [-0.1, -0.05) is 284 Å². The maximum atomic E-state index is 6.31. The molecule has 2 aliphatic rings. The standard InChI is InChI=1S/C38H43N.C12H14.2C11H10.2C2H6/c1-4-5-13-28-14-9-10-15-29(28)22-31-23-36(26(3)24-39)35-19-16-32-25(2)20-30(21-27-11-7-6-8-12-27)33-17-18-34(31)38(35)37(32)33;1-3-4-5-6-12-9-7-11(2)8-10-12;2*1-9-6-7-10-4-2-3-5-11(10)8-9;2*1-2/h4-5,9-10,13-15,17-18,20,22-23,26-27H,6-8,11-12,16,19,21,24,39H2,1-3H3;3-10H,1-2H3;2*2-8H,1H3;2*1-2H3/b5-4+,28-13-,29-22-;4-3-,6-5-;;;;. The van der Waals surface area contributed by atoms with Crippen molar-refractivity contribution in [1.29, 1.82) is 0 Å².